The Morgan fingerprint density at radius 2 is 2.23 bits per heavy atom. The molecule has 3 heteroatoms. The van der Waals surface area contributed by atoms with Gasteiger partial charge < -0.3 is 5.73 Å². The van der Waals surface area contributed by atoms with Crippen LogP contribution in [-0.4, -0.2) is 0 Å². The second-order valence-corrected chi connectivity index (χ2v) is 4.37. The Hall–Kier alpha value is -0.410. The quantitative estimate of drug-likeness (QED) is 0.746. The first-order chi connectivity index (χ1) is 6.18. The highest BCUT2D eigenvalue weighted by Gasteiger charge is 2.20. The fraction of sp³-hybridized carbons (Fsp3) is 0.400. The van der Waals surface area contributed by atoms with Crippen LogP contribution < -0.4 is 5.73 Å². The van der Waals surface area contributed by atoms with Crippen LogP contribution in [0.15, 0.2) is 16.6 Å². The van der Waals surface area contributed by atoms with Gasteiger partial charge in [-0.15, -0.1) is 0 Å². The molecule has 13 heavy (non-hydrogen) atoms. The average molecular weight is 244 g/mol. The highest BCUT2D eigenvalue weighted by Crippen LogP contribution is 2.32. The third-order valence-electron chi connectivity index (χ3n) is 2.54. The normalized spacial score (nSPS) is 21.3. The summed E-state index contributed by atoms with van der Waals surface area (Å²) in [5.41, 5.74) is 7.67. The largest absolute Gasteiger partial charge is 0.324 e. The van der Waals surface area contributed by atoms with E-state index in [1.807, 2.05) is 6.07 Å². The minimum atomic E-state index is -0.125. The van der Waals surface area contributed by atoms with Crippen LogP contribution in [0.4, 0.5) is 4.39 Å². The molecule has 0 aromatic heterocycles. The lowest BCUT2D eigenvalue weighted by Crippen LogP contribution is -2.18. The molecule has 0 saturated carbocycles. The number of hydrogen-bond donors (Lipinski definition) is 1. The molecule has 0 heterocycles. The van der Waals surface area contributed by atoms with Crippen molar-refractivity contribution in [3.05, 3.63) is 33.5 Å². The van der Waals surface area contributed by atoms with Gasteiger partial charge in [0, 0.05) is 10.5 Å². The van der Waals surface area contributed by atoms with Crippen LogP contribution in [0.2, 0.25) is 0 Å². The highest BCUT2D eigenvalue weighted by molar-refractivity contribution is 9.10. The van der Waals surface area contributed by atoms with E-state index < -0.39 is 0 Å². The molecule has 70 valence electrons. The Bertz CT molecular complexity index is 338. The van der Waals surface area contributed by atoms with Crippen molar-refractivity contribution in [2.75, 3.05) is 0 Å². The Morgan fingerprint density at radius 1 is 1.46 bits per heavy atom. The molecule has 1 aliphatic carbocycles. The number of fused-ring (bicyclic) bond motifs is 1. The van der Waals surface area contributed by atoms with Gasteiger partial charge in [0.05, 0.1) is 0 Å². The zero-order valence-electron chi connectivity index (χ0n) is 7.19. The van der Waals surface area contributed by atoms with Gasteiger partial charge in [-0.3, -0.25) is 0 Å². The fourth-order valence-corrected chi connectivity index (χ4v) is 2.32. The Morgan fingerprint density at radius 3 is 3.00 bits per heavy atom. The minimum absolute atomic E-state index is 0.00995. The summed E-state index contributed by atoms with van der Waals surface area (Å²) < 4.78 is 14.2. The van der Waals surface area contributed by atoms with Crippen molar-refractivity contribution < 1.29 is 4.39 Å². The van der Waals surface area contributed by atoms with Crippen LogP contribution in [0.3, 0.4) is 0 Å². The number of rotatable bonds is 0. The van der Waals surface area contributed by atoms with E-state index in [1.165, 1.54) is 6.07 Å². The Labute approximate surface area is 85.3 Å². The van der Waals surface area contributed by atoms with Crippen LogP contribution in [0.25, 0.3) is 0 Å². The van der Waals surface area contributed by atoms with E-state index in [-0.39, 0.29) is 11.9 Å². The number of hydrogen-bond acceptors (Lipinski definition) is 1. The number of benzene rings is 1. The summed E-state index contributed by atoms with van der Waals surface area (Å²) in [6, 6.07) is 3.45. The molecule has 1 aliphatic rings. The van der Waals surface area contributed by atoms with Gasteiger partial charge in [-0.25, -0.2) is 4.39 Å². The van der Waals surface area contributed by atoms with E-state index in [2.05, 4.69) is 15.9 Å². The molecular formula is C10H11BrFN. The van der Waals surface area contributed by atoms with Crippen molar-refractivity contribution in [3.63, 3.8) is 0 Å². The zero-order chi connectivity index (χ0) is 9.42. The lowest BCUT2D eigenvalue weighted by atomic mass is 9.88. The molecule has 1 aromatic rings. The summed E-state index contributed by atoms with van der Waals surface area (Å²) in [5.74, 6) is -0.125. The molecule has 1 nitrogen and oxygen atoms in total. The van der Waals surface area contributed by atoms with E-state index in [0.717, 1.165) is 34.9 Å². The topological polar surface area (TPSA) is 26.0 Å². The lowest BCUT2D eigenvalue weighted by Gasteiger charge is -2.22. The maximum Gasteiger partial charge on any atom is 0.127 e. The Balaban J connectivity index is 2.56. The summed E-state index contributed by atoms with van der Waals surface area (Å²) in [5, 5.41) is 0. The van der Waals surface area contributed by atoms with Crippen LogP contribution in [0.1, 0.15) is 30.0 Å². The summed E-state index contributed by atoms with van der Waals surface area (Å²) in [6.45, 7) is 0. The average Bonchev–Trinajstić information content (AvgIpc) is 2.07. The van der Waals surface area contributed by atoms with E-state index in [0.29, 0.717) is 0 Å². The third-order valence-corrected chi connectivity index (χ3v) is 2.99. The van der Waals surface area contributed by atoms with Gasteiger partial charge in [-0.1, -0.05) is 15.9 Å². The van der Waals surface area contributed by atoms with Crippen LogP contribution in [-0.2, 0) is 6.42 Å². The molecule has 1 unspecified atom stereocenters. The van der Waals surface area contributed by atoms with E-state index in [1.54, 1.807) is 0 Å². The van der Waals surface area contributed by atoms with Crippen molar-refractivity contribution in [1.82, 2.24) is 0 Å². The molecule has 0 radical (unpaired) electrons. The summed E-state index contributed by atoms with van der Waals surface area (Å²) in [4.78, 5) is 0. The van der Waals surface area contributed by atoms with Crippen molar-refractivity contribution >= 4 is 15.9 Å². The van der Waals surface area contributed by atoms with Gasteiger partial charge in [0.25, 0.3) is 0 Å². The summed E-state index contributed by atoms with van der Waals surface area (Å²) >= 11 is 3.27. The first-order valence-corrected chi connectivity index (χ1v) is 5.21. The van der Waals surface area contributed by atoms with Gasteiger partial charge in [-0.05, 0) is 42.5 Å². The van der Waals surface area contributed by atoms with Crippen molar-refractivity contribution in [1.29, 1.82) is 0 Å². The van der Waals surface area contributed by atoms with Crippen molar-refractivity contribution in [3.8, 4) is 0 Å². The second-order valence-electron chi connectivity index (χ2n) is 3.45. The molecule has 0 spiro atoms. The fourth-order valence-electron chi connectivity index (χ4n) is 1.87. The number of nitrogens with two attached hydrogens (primary N) is 1. The first kappa shape index (κ1) is 9.16. The Kier molecular flexibility index (Phi) is 2.39. The second kappa shape index (κ2) is 3.39. The van der Waals surface area contributed by atoms with E-state index >= 15 is 0 Å². The predicted octanol–water partition coefficient (Wildman–Crippen LogP) is 2.92. The maximum absolute atomic E-state index is 13.4. The monoisotopic (exact) mass is 243 g/mol. The van der Waals surface area contributed by atoms with Gasteiger partial charge >= 0.3 is 0 Å². The van der Waals surface area contributed by atoms with Crippen LogP contribution >= 0.6 is 15.9 Å². The van der Waals surface area contributed by atoms with Gasteiger partial charge in [0.15, 0.2) is 0 Å². The molecule has 0 fully saturated rings. The minimum Gasteiger partial charge on any atom is -0.324 e. The maximum atomic E-state index is 13.4. The summed E-state index contributed by atoms with van der Waals surface area (Å²) in [7, 11) is 0. The van der Waals surface area contributed by atoms with Gasteiger partial charge in [-0.2, -0.15) is 0 Å². The van der Waals surface area contributed by atoms with E-state index in [9.17, 15) is 4.39 Å². The van der Waals surface area contributed by atoms with Gasteiger partial charge in [0.1, 0.15) is 5.82 Å². The zero-order valence-corrected chi connectivity index (χ0v) is 8.77. The molecule has 1 atom stereocenters. The number of halogens is 2. The smallest absolute Gasteiger partial charge is 0.127 e. The molecular weight excluding hydrogens is 233 g/mol. The molecule has 0 saturated heterocycles. The van der Waals surface area contributed by atoms with Crippen molar-refractivity contribution in [2.45, 2.75) is 25.3 Å². The molecule has 2 rings (SSSR count). The highest BCUT2D eigenvalue weighted by atomic mass is 79.9. The molecule has 0 amide bonds. The molecule has 1 aromatic carbocycles. The van der Waals surface area contributed by atoms with Crippen molar-refractivity contribution in [2.24, 2.45) is 5.73 Å². The van der Waals surface area contributed by atoms with Crippen LogP contribution in [0.5, 0.6) is 0 Å². The van der Waals surface area contributed by atoms with Gasteiger partial charge in [0.2, 0.25) is 0 Å². The molecule has 2 N–H and O–H groups in total. The molecule has 0 aliphatic heterocycles. The third kappa shape index (κ3) is 1.63. The molecule has 0 bridgehead atoms. The summed E-state index contributed by atoms with van der Waals surface area (Å²) in [6.07, 6.45) is 2.78. The standard InChI is InChI=1S/C10H11BrFN/c11-6-4-8-7(9(12)5-6)2-1-3-10(8)13/h4-5,10H,1-3,13H2. The first-order valence-electron chi connectivity index (χ1n) is 4.42. The van der Waals surface area contributed by atoms with E-state index in [4.69, 9.17) is 5.73 Å². The van der Waals surface area contributed by atoms with Crippen LogP contribution in [0, 0.1) is 5.82 Å². The lowest BCUT2D eigenvalue weighted by molar-refractivity contribution is 0.531. The SMILES string of the molecule is NC1CCCc2c(F)cc(Br)cc21. The predicted molar refractivity (Wildman–Crippen MR) is 54.0 cm³/mol.